The highest BCUT2D eigenvalue weighted by molar-refractivity contribution is 7.91. The molecule has 9 N–H and O–H groups in total. The topological polar surface area (TPSA) is 323 Å². The molecule has 0 heterocycles. The molecule has 286 valence electrons. The molecule has 0 spiro atoms. The van der Waals surface area contributed by atoms with Gasteiger partial charge >= 0.3 is 0 Å². The van der Waals surface area contributed by atoms with Gasteiger partial charge in [-0.1, -0.05) is 18.2 Å². The van der Waals surface area contributed by atoms with Crippen molar-refractivity contribution >= 4 is 93.5 Å². The number of fused-ring (bicyclic) bond motifs is 1. The van der Waals surface area contributed by atoms with Gasteiger partial charge in [-0.15, -0.1) is 5.11 Å². The van der Waals surface area contributed by atoms with Gasteiger partial charge in [-0.2, -0.15) is 40.6 Å². The number of allylic oxidation sites excluding steroid dienone is 5. The summed E-state index contributed by atoms with van der Waals surface area (Å²) in [5, 5.41) is 16.0. The number of carbonyl (C=O) groups excluding carboxylic acids is 2. The highest BCUT2D eigenvalue weighted by atomic mass is 32.2. The van der Waals surface area contributed by atoms with Crippen LogP contribution in [0.2, 0.25) is 0 Å². The molecule has 0 bridgehead atoms. The van der Waals surface area contributed by atoms with Gasteiger partial charge in [0, 0.05) is 22.4 Å². The molecule has 2 aliphatic rings. The van der Waals surface area contributed by atoms with E-state index in [0.29, 0.717) is 11.4 Å². The Morgan fingerprint density at radius 1 is 0.589 bits per heavy atom. The number of nitrogens with zero attached hydrogens (tertiary/aromatic N) is 4. The Hall–Kier alpha value is -6.69. The first-order chi connectivity index (χ1) is 26.3. The molecule has 0 aromatic heterocycles. The number of azo groups is 1. The molecule has 0 aliphatic heterocycles. The lowest BCUT2D eigenvalue weighted by Crippen LogP contribution is -2.27. The molecule has 4 aromatic rings. The maximum atomic E-state index is 13.6. The van der Waals surface area contributed by atoms with Crippen molar-refractivity contribution in [3.8, 4) is 11.1 Å². The Balaban J connectivity index is 1.35. The average Bonchev–Trinajstić information content (AvgIpc) is 3.12. The third-order valence-corrected chi connectivity index (χ3v) is 10.5. The van der Waals surface area contributed by atoms with Crippen LogP contribution >= 0.6 is 0 Å². The third-order valence-electron chi connectivity index (χ3n) is 7.88. The summed E-state index contributed by atoms with van der Waals surface area (Å²) in [5.41, 5.74) is 16.0. The van der Waals surface area contributed by atoms with Crippen molar-refractivity contribution in [1.82, 2.24) is 0 Å². The van der Waals surface area contributed by atoms with Crippen LogP contribution in [0.15, 0.2) is 132 Å². The normalized spacial score (nSPS) is 15.2. The third kappa shape index (κ3) is 8.65. The number of benzene rings is 4. The lowest BCUT2D eigenvalue weighted by Gasteiger charge is -2.17. The summed E-state index contributed by atoms with van der Waals surface area (Å²) in [6.45, 7) is 0. The lowest BCUT2D eigenvalue weighted by atomic mass is 9.94. The fourth-order valence-electron chi connectivity index (χ4n) is 5.28. The van der Waals surface area contributed by atoms with Crippen LogP contribution in [0.4, 0.5) is 34.1 Å². The van der Waals surface area contributed by atoms with Crippen LogP contribution in [-0.2, 0) is 35.1 Å². The molecule has 0 saturated carbocycles. The molecular formula is C34H26N8O11S3. The van der Waals surface area contributed by atoms with Crippen LogP contribution in [0.5, 0.6) is 0 Å². The minimum absolute atomic E-state index is 0.0261. The number of Topliss-reactive ketones (excluding diaryl/α,β-unsaturated/α-hetero) is 1. The molecule has 0 radical (unpaired) electrons. The molecule has 6 rings (SSSR count). The van der Waals surface area contributed by atoms with Crippen molar-refractivity contribution in [2.45, 2.75) is 9.79 Å². The standard InChI is InChI=1S/C34H26N8O11S3/c35-19-2-12-29(28(36)14-19)41-39-21-3-1-18-13-32(56(51,52)53)33(34(44)27(18)15-21)42-40-23-7-11-26(31(17-23)55(48,49)50)25-10-6-22(16-30(25)54(45,46)47)38-37-20-4-8-24(43)9-5-20/h1-17,38,40H,35-36H2,(H,45,46,47)(H,48,49,50)(H,51,52,53)/b41-39?,42-33-. The lowest BCUT2D eigenvalue weighted by molar-refractivity contribution is -0.110. The molecule has 0 amide bonds. The van der Waals surface area contributed by atoms with E-state index in [1.165, 1.54) is 60.7 Å². The van der Waals surface area contributed by atoms with Crippen molar-refractivity contribution in [1.29, 1.82) is 0 Å². The van der Waals surface area contributed by atoms with Crippen LogP contribution in [0, 0.1) is 0 Å². The number of nitrogens with one attached hydrogen (secondary N) is 2. The van der Waals surface area contributed by atoms with E-state index in [1.54, 1.807) is 6.07 Å². The van der Waals surface area contributed by atoms with Crippen molar-refractivity contribution in [2.75, 3.05) is 22.3 Å². The zero-order valence-electron chi connectivity index (χ0n) is 28.1. The van der Waals surface area contributed by atoms with E-state index in [0.717, 1.165) is 36.4 Å². The number of nitrogens with two attached hydrogens (primary N) is 2. The highest BCUT2D eigenvalue weighted by Gasteiger charge is 2.33. The highest BCUT2D eigenvalue weighted by Crippen LogP contribution is 2.36. The number of nitrogen functional groups attached to an aromatic ring is 2. The van der Waals surface area contributed by atoms with Crippen molar-refractivity contribution in [3.05, 3.63) is 113 Å². The summed E-state index contributed by atoms with van der Waals surface area (Å²) < 4.78 is 105. The van der Waals surface area contributed by atoms with E-state index in [9.17, 15) is 48.5 Å². The molecule has 0 unspecified atom stereocenters. The Kier molecular flexibility index (Phi) is 10.4. The van der Waals surface area contributed by atoms with E-state index in [4.69, 9.17) is 11.5 Å². The van der Waals surface area contributed by atoms with Crippen LogP contribution in [0.25, 0.3) is 17.2 Å². The fraction of sp³-hybridized carbons (Fsp3) is 0. The Bertz CT molecular complexity index is 2880. The summed E-state index contributed by atoms with van der Waals surface area (Å²) in [7, 11) is -15.3. The molecule has 0 fully saturated rings. The average molecular weight is 819 g/mol. The van der Waals surface area contributed by atoms with Gasteiger partial charge in [0.25, 0.3) is 30.4 Å². The summed E-state index contributed by atoms with van der Waals surface area (Å²) in [5.74, 6) is -1.27. The summed E-state index contributed by atoms with van der Waals surface area (Å²) in [4.78, 5) is 22.4. The zero-order valence-corrected chi connectivity index (χ0v) is 30.5. The van der Waals surface area contributed by atoms with Gasteiger partial charge in [-0.05, 0) is 90.5 Å². The second-order valence-corrected chi connectivity index (χ2v) is 15.9. The van der Waals surface area contributed by atoms with Gasteiger partial charge < -0.3 is 11.5 Å². The summed E-state index contributed by atoms with van der Waals surface area (Å²) >= 11 is 0. The predicted molar refractivity (Wildman–Crippen MR) is 207 cm³/mol. The Morgan fingerprint density at radius 3 is 1.73 bits per heavy atom. The van der Waals surface area contributed by atoms with Gasteiger partial charge in [-0.25, -0.2) is 0 Å². The maximum Gasteiger partial charge on any atom is 0.296 e. The minimum Gasteiger partial charge on any atom is -0.399 e. The largest absolute Gasteiger partial charge is 0.399 e. The second-order valence-electron chi connectivity index (χ2n) is 11.8. The zero-order chi connectivity index (χ0) is 40.6. The monoisotopic (exact) mass is 818 g/mol. The molecule has 0 atom stereocenters. The van der Waals surface area contributed by atoms with Gasteiger partial charge in [0.2, 0.25) is 5.78 Å². The number of ketones is 2. The first kappa shape index (κ1) is 39.0. The van der Waals surface area contributed by atoms with Crippen LogP contribution in [-0.4, -0.2) is 61.9 Å². The van der Waals surface area contributed by atoms with Crippen molar-refractivity contribution in [3.63, 3.8) is 0 Å². The molecule has 22 heteroatoms. The molecule has 2 aliphatic carbocycles. The number of hydrogen-bond donors (Lipinski definition) is 7. The van der Waals surface area contributed by atoms with Gasteiger partial charge in [0.15, 0.2) is 11.5 Å². The Labute approximate surface area is 317 Å². The smallest absolute Gasteiger partial charge is 0.296 e. The van der Waals surface area contributed by atoms with Crippen LogP contribution in [0.1, 0.15) is 15.9 Å². The van der Waals surface area contributed by atoms with Crippen LogP contribution < -0.4 is 22.3 Å². The van der Waals surface area contributed by atoms with Gasteiger partial charge in [0.05, 0.1) is 28.5 Å². The van der Waals surface area contributed by atoms with Gasteiger partial charge in [0.1, 0.15) is 20.4 Å². The number of carbonyl (C=O) groups is 2. The SMILES string of the molecule is Nc1ccc(N=Nc2ccc3c(c2)C(=O)/C(=N\Nc2ccc(-c4ccc(NN=C5C=CC(=O)C=C5)cc4S(=O)(=O)O)c(S(=O)(=O)O)c2)C(S(=O)(=O)O)=C3)c(N)c1. The van der Waals surface area contributed by atoms with Crippen molar-refractivity contribution in [2.24, 2.45) is 20.4 Å². The van der Waals surface area contributed by atoms with E-state index >= 15 is 0 Å². The Morgan fingerprint density at radius 2 is 1.18 bits per heavy atom. The number of hydrogen-bond acceptors (Lipinski definition) is 16. The second kappa shape index (κ2) is 14.9. The summed E-state index contributed by atoms with van der Waals surface area (Å²) in [6, 6.07) is 14.9. The number of anilines is 4. The quantitative estimate of drug-likeness (QED) is 0.0372. The van der Waals surface area contributed by atoms with E-state index in [-0.39, 0.29) is 50.9 Å². The fourth-order valence-corrected chi connectivity index (χ4v) is 7.40. The first-order valence-electron chi connectivity index (χ1n) is 15.5. The van der Waals surface area contributed by atoms with Crippen molar-refractivity contribution < 1.29 is 48.5 Å². The van der Waals surface area contributed by atoms with E-state index in [2.05, 4.69) is 31.3 Å². The van der Waals surface area contributed by atoms with E-state index < -0.39 is 62.1 Å². The molecule has 56 heavy (non-hydrogen) atoms. The molecule has 4 aromatic carbocycles. The van der Waals surface area contributed by atoms with Gasteiger partial charge in [-0.3, -0.25) is 34.1 Å². The minimum atomic E-state index is -5.16. The number of rotatable bonds is 10. The number of hydrazone groups is 2. The van der Waals surface area contributed by atoms with Crippen LogP contribution in [0.3, 0.4) is 0 Å². The molecule has 19 nitrogen and oxygen atoms in total. The molecule has 0 saturated heterocycles. The summed E-state index contributed by atoms with van der Waals surface area (Å²) in [6.07, 6.45) is 6.25. The molecular weight excluding hydrogens is 793 g/mol. The predicted octanol–water partition coefficient (Wildman–Crippen LogP) is 4.78. The maximum absolute atomic E-state index is 13.6. The first-order valence-corrected chi connectivity index (χ1v) is 19.9. The van der Waals surface area contributed by atoms with E-state index in [1.807, 2.05) is 0 Å².